The van der Waals surface area contributed by atoms with Crippen molar-refractivity contribution in [3.63, 3.8) is 0 Å². The smallest absolute Gasteiger partial charge is 0.224 e. The van der Waals surface area contributed by atoms with Crippen molar-refractivity contribution in [1.29, 1.82) is 0 Å². The van der Waals surface area contributed by atoms with Gasteiger partial charge in [-0.3, -0.25) is 4.79 Å². The molecule has 106 valence electrons. The number of nitrogens with two attached hydrogens (primary N) is 1. The first-order valence-corrected chi connectivity index (χ1v) is 6.78. The van der Waals surface area contributed by atoms with Gasteiger partial charge < -0.3 is 11.1 Å². The summed E-state index contributed by atoms with van der Waals surface area (Å²) in [5.74, 6) is 0.400. The largest absolute Gasteiger partial charge is 0.399 e. The van der Waals surface area contributed by atoms with E-state index >= 15 is 0 Å². The van der Waals surface area contributed by atoms with Crippen LogP contribution >= 0.6 is 0 Å². The van der Waals surface area contributed by atoms with Gasteiger partial charge in [0.15, 0.2) is 0 Å². The monoisotopic (exact) mass is 262 g/mol. The molecule has 1 amide bonds. The van der Waals surface area contributed by atoms with Gasteiger partial charge in [0.05, 0.1) is 0 Å². The molecule has 0 bridgehead atoms. The zero-order valence-corrected chi connectivity index (χ0v) is 12.9. The lowest BCUT2D eigenvalue weighted by molar-refractivity contribution is -0.117. The Morgan fingerprint density at radius 3 is 2.37 bits per heavy atom. The summed E-state index contributed by atoms with van der Waals surface area (Å²) < 4.78 is 0. The first-order chi connectivity index (χ1) is 8.61. The van der Waals surface area contributed by atoms with Crippen molar-refractivity contribution in [1.82, 2.24) is 0 Å². The van der Waals surface area contributed by atoms with Crippen LogP contribution in [0.2, 0.25) is 0 Å². The van der Waals surface area contributed by atoms with Crippen LogP contribution in [0.5, 0.6) is 0 Å². The van der Waals surface area contributed by atoms with Crippen LogP contribution in [0.4, 0.5) is 11.4 Å². The highest BCUT2D eigenvalue weighted by atomic mass is 16.1. The topological polar surface area (TPSA) is 55.1 Å². The minimum atomic E-state index is 0.0645. The Morgan fingerprint density at radius 2 is 1.84 bits per heavy atom. The van der Waals surface area contributed by atoms with Crippen LogP contribution < -0.4 is 11.1 Å². The maximum Gasteiger partial charge on any atom is 0.224 e. The molecule has 19 heavy (non-hydrogen) atoms. The number of benzene rings is 1. The number of carbonyl (C=O) groups excluding carboxylic acids is 1. The van der Waals surface area contributed by atoms with Gasteiger partial charge in [-0.15, -0.1) is 0 Å². The molecule has 0 saturated heterocycles. The number of carbonyl (C=O) groups is 1. The first-order valence-electron chi connectivity index (χ1n) is 6.78. The predicted molar refractivity (Wildman–Crippen MR) is 82.2 cm³/mol. The third-order valence-electron chi connectivity index (χ3n) is 3.86. The molecule has 0 heterocycles. The summed E-state index contributed by atoms with van der Waals surface area (Å²) in [4.78, 5) is 12.1. The highest BCUT2D eigenvalue weighted by molar-refractivity contribution is 5.92. The van der Waals surface area contributed by atoms with Crippen LogP contribution in [0, 0.1) is 25.2 Å². The lowest BCUT2D eigenvalue weighted by Crippen LogP contribution is -2.24. The number of nitrogens with one attached hydrogen (secondary N) is 1. The fourth-order valence-electron chi connectivity index (χ4n) is 1.76. The van der Waals surface area contributed by atoms with E-state index in [1.54, 1.807) is 0 Å². The van der Waals surface area contributed by atoms with Crippen LogP contribution in [0.3, 0.4) is 0 Å². The van der Waals surface area contributed by atoms with Gasteiger partial charge in [-0.2, -0.15) is 0 Å². The molecule has 0 aliphatic carbocycles. The van der Waals surface area contributed by atoms with Crippen molar-refractivity contribution in [2.75, 3.05) is 11.1 Å². The maximum atomic E-state index is 12.1. The molecule has 3 N–H and O–H groups in total. The van der Waals surface area contributed by atoms with Gasteiger partial charge in [-0.25, -0.2) is 0 Å². The van der Waals surface area contributed by atoms with Gasteiger partial charge in [-0.05, 0) is 48.4 Å². The lowest BCUT2D eigenvalue weighted by atomic mass is 9.80. The van der Waals surface area contributed by atoms with Crippen molar-refractivity contribution < 1.29 is 4.79 Å². The van der Waals surface area contributed by atoms with Crippen LogP contribution in [0.15, 0.2) is 12.1 Å². The van der Waals surface area contributed by atoms with E-state index in [1.165, 1.54) is 0 Å². The minimum absolute atomic E-state index is 0.0645. The van der Waals surface area contributed by atoms with E-state index in [4.69, 9.17) is 5.73 Å². The average Bonchev–Trinajstić information content (AvgIpc) is 2.24. The molecule has 1 unspecified atom stereocenters. The van der Waals surface area contributed by atoms with E-state index in [-0.39, 0.29) is 11.3 Å². The zero-order chi connectivity index (χ0) is 14.8. The fourth-order valence-corrected chi connectivity index (χ4v) is 1.76. The Morgan fingerprint density at radius 1 is 1.26 bits per heavy atom. The van der Waals surface area contributed by atoms with Gasteiger partial charge in [0.25, 0.3) is 0 Å². The number of aryl methyl sites for hydroxylation is 2. The lowest BCUT2D eigenvalue weighted by Gasteiger charge is -2.26. The first kappa shape index (κ1) is 15.5. The van der Waals surface area contributed by atoms with Crippen molar-refractivity contribution >= 4 is 17.3 Å². The number of amides is 1. The van der Waals surface area contributed by atoms with Crippen LogP contribution in [-0.4, -0.2) is 5.91 Å². The van der Waals surface area contributed by atoms with Crippen molar-refractivity contribution in [3.8, 4) is 0 Å². The SMILES string of the molecule is Cc1cc(NC(=O)CC(C)C(C)(C)C)c(C)cc1N. The van der Waals surface area contributed by atoms with Gasteiger partial charge in [0, 0.05) is 17.8 Å². The van der Waals surface area contributed by atoms with Crippen molar-refractivity contribution in [3.05, 3.63) is 23.3 Å². The molecule has 0 radical (unpaired) electrons. The van der Waals surface area contributed by atoms with E-state index in [1.807, 2.05) is 26.0 Å². The molecule has 1 atom stereocenters. The Hall–Kier alpha value is -1.51. The van der Waals surface area contributed by atoms with E-state index in [9.17, 15) is 4.79 Å². The second kappa shape index (κ2) is 5.64. The highest BCUT2D eigenvalue weighted by Gasteiger charge is 2.22. The van der Waals surface area contributed by atoms with E-state index in [0.29, 0.717) is 12.3 Å². The molecule has 1 aromatic rings. The number of hydrogen-bond acceptors (Lipinski definition) is 2. The quantitative estimate of drug-likeness (QED) is 0.812. The number of nitrogen functional groups attached to an aromatic ring is 1. The van der Waals surface area contributed by atoms with Crippen LogP contribution in [-0.2, 0) is 4.79 Å². The molecule has 0 spiro atoms. The third-order valence-corrected chi connectivity index (χ3v) is 3.86. The Kier molecular flexibility index (Phi) is 4.61. The standard InChI is InChI=1S/C16H26N2O/c1-10-8-14(11(2)7-13(10)17)18-15(19)9-12(3)16(4,5)6/h7-8,12H,9,17H2,1-6H3,(H,18,19). The molecule has 1 rings (SSSR count). The minimum Gasteiger partial charge on any atom is -0.399 e. The average molecular weight is 262 g/mol. The zero-order valence-electron chi connectivity index (χ0n) is 12.9. The molecule has 0 aromatic heterocycles. The molecule has 3 heteroatoms. The Labute approximate surface area is 116 Å². The predicted octanol–water partition coefficient (Wildman–Crippen LogP) is 3.90. The summed E-state index contributed by atoms with van der Waals surface area (Å²) >= 11 is 0. The molecule has 3 nitrogen and oxygen atoms in total. The van der Waals surface area contributed by atoms with Crippen molar-refractivity contribution in [2.45, 2.75) is 48.0 Å². The molecule has 0 saturated carbocycles. The maximum absolute atomic E-state index is 12.1. The highest BCUT2D eigenvalue weighted by Crippen LogP contribution is 2.29. The molecular formula is C16H26N2O. The second-order valence-corrected chi connectivity index (χ2v) is 6.54. The van der Waals surface area contributed by atoms with Gasteiger partial charge in [-0.1, -0.05) is 27.7 Å². The molecule has 1 aromatic carbocycles. The molecule has 0 aliphatic rings. The fraction of sp³-hybridized carbons (Fsp3) is 0.562. The summed E-state index contributed by atoms with van der Waals surface area (Å²) in [6.45, 7) is 12.5. The molecule has 0 fully saturated rings. The summed E-state index contributed by atoms with van der Waals surface area (Å²) in [7, 11) is 0. The molecule has 0 aliphatic heterocycles. The van der Waals surface area contributed by atoms with Crippen LogP contribution in [0.25, 0.3) is 0 Å². The van der Waals surface area contributed by atoms with E-state index < -0.39 is 0 Å². The third kappa shape index (κ3) is 4.27. The van der Waals surface area contributed by atoms with Crippen molar-refractivity contribution in [2.24, 2.45) is 11.3 Å². The summed E-state index contributed by atoms with van der Waals surface area (Å²) in [5, 5.41) is 2.99. The number of rotatable bonds is 3. The summed E-state index contributed by atoms with van der Waals surface area (Å²) in [6, 6.07) is 3.84. The van der Waals surface area contributed by atoms with Gasteiger partial charge >= 0.3 is 0 Å². The Bertz CT molecular complexity index is 472. The van der Waals surface area contributed by atoms with Gasteiger partial charge in [0.2, 0.25) is 5.91 Å². The van der Waals surface area contributed by atoms with E-state index in [2.05, 4.69) is 33.0 Å². The van der Waals surface area contributed by atoms with Gasteiger partial charge in [0.1, 0.15) is 0 Å². The van der Waals surface area contributed by atoms with E-state index in [0.717, 1.165) is 22.5 Å². The Balaban J connectivity index is 2.76. The van der Waals surface area contributed by atoms with Crippen LogP contribution in [0.1, 0.15) is 45.2 Å². The summed E-state index contributed by atoms with van der Waals surface area (Å²) in [6.07, 6.45) is 0.534. The number of anilines is 2. The number of hydrogen-bond donors (Lipinski definition) is 2. The summed E-state index contributed by atoms with van der Waals surface area (Å²) in [5.41, 5.74) is 9.60. The second-order valence-electron chi connectivity index (χ2n) is 6.54. The molecular weight excluding hydrogens is 236 g/mol. The normalized spacial score (nSPS) is 13.2.